The van der Waals surface area contributed by atoms with Crippen LogP contribution in [0, 0.1) is 5.92 Å². The van der Waals surface area contributed by atoms with Gasteiger partial charge in [0.25, 0.3) is 0 Å². The van der Waals surface area contributed by atoms with Gasteiger partial charge in [0.1, 0.15) is 11.5 Å². The van der Waals surface area contributed by atoms with Gasteiger partial charge in [-0.2, -0.15) is 0 Å². The lowest BCUT2D eigenvalue weighted by Gasteiger charge is -2.35. The number of likely N-dealkylation sites (tertiary alicyclic amines) is 1. The number of hydrogen-bond acceptors (Lipinski definition) is 5. The first-order valence-electron chi connectivity index (χ1n) is 9.52. The van der Waals surface area contributed by atoms with Crippen LogP contribution in [0.5, 0.6) is 11.5 Å². The summed E-state index contributed by atoms with van der Waals surface area (Å²) in [7, 11) is 3.19. The van der Waals surface area contributed by atoms with Crippen molar-refractivity contribution in [3.63, 3.8) is 0 Å². The Morgan fingerprint density at radius 2 is 1.85 bits per heavy atom. The van der Waals surface area contributed by atoms with Crippen LogP contribution in [0.2, 0.25) is 0 Å². The lowest BCUT2D eigenvalue weighted by molar-refractivity contribution is -0.137. The Hall–Kier alpha value is -2.28. The first-order chi connectivity index (χ1) is 13.0. The predicted molar refractivity (Wildman–Crippen MR) is 101 cm³/mol. The maximum atomic E-state index is 13.1. The van der Waals surface area contributed by atoms with Crippen LogP contribution in [-0.4, -0.2) is 61.8 Å². The Kier molecular flexibility index (Phi) is 6.21. The van der Waals surface area contributed by atoms with Crippen molar-refractivity contribution in [2.75, 3.05) is 38.8 Å². The maximum absolute atomic E-state index is 13.1. The minimum absolute atomic E-state index is 0.101. The van der Waals surface area contributed by atoms with Gasteiger partial charge in [-0.1, -0.05) is 0 Å². The van der Waals surface area contributed by atoms with Crippen LogP contribution in [0.3, 0.4) is 0 Å². The molecule has 3 rings (SSSR count). The number of piperidine rings is 1. The van der Waals surface area contributed by atoms with Crippen molar-refractivity contribution in [1.82, 2.24) is 4.90 Å². The Bertz CT molecular complexity index is 671. The van der Waals surface area contributed by atoms with E-state index >= 15 is 0 Å². The molecule has 7 heteroatoms. The highest BCUT2D eigenvalue weighted by atomic mass is 16.5. The summed E-state index contributed by atoms with van der Waals surface area (Å²) in [5.74, 6) is 1.03. The number of methoxy groups -OCH3 is 2. The minimum atomic E-state index is -0.748. The maximum Gasteiger partial charge on any atom is 0.303 e. The number of hydrogen-bond donors (Lipinski definition) is 1. The van der Waals surface area contributed by atoms with E-state index in [1.165, 1.54) is 0 Å². The van der Waals surface area contributed by atoms with Crippen molar-refractivity contribution in [1.29, 1.82) is 0 Å². The summed E-state index contributed by atoms with van der Waals surface area (Å²) in [6.07, 6.45) is 3.73. The standard InChI is InChI=1S/C20H28N2O5/c1-26-16-10-15(11-17(12-16)27-2)22-9-7-18(20(22)25)21-8-3-4-14(13-21)5-6-19(23)24/h10-12,14,18H,3-9,13H2,1-2H3,(H,23,24). The zero-order valence-corrected chi connectivity index (χ0v) is 16.0. The van der Waals surface area contributed by atoms with Crippen LogP contribution in [0.4, 0.5) is 5.69 Å². The molecule has 0 aliphatic carbocycles. The second-order valence-electron chi connectivity index (χ2n) is 7.30. The summed E-state index contributed by atoms with van der Waals surface area (Å²) >= 11 is 0. The van der Waals surface area contributed by atoms with Gasteiger partial charge in [0, 0.05) is 37.7 Å². The third-order valence-corrected chi connectivity index (χ3v) is 5.58. The number of carboxylic acid groups (broad SMARTS) is 1. The third-order valence-electron chi connectivity index (χ3n) is 5.58. The second kappa shape index (κ2) is 8.61. The molecule has 2 unspecified atom stereocenters. The van der Waals surface area contributed by atoms with E-state index in [0.717, 1.165) is 38.0 Å². The van der Waals surface area contributed by atoms with Gasteiger partial charge < -0.3 is 19.5 Å². The molecular weight excluding hydrogens is 348 g/mol. The summed E-state index contributed by atoms with van der Waals surface area (Å²) in [4.78, 5) is 28.0. The van der Waals surface area contributed by atoms with Crippen molar-refractivity contribution < 1.29 is 24.2 Å². The molecule has 1 aromatic carbocycles. The number of anilines is 1. The van der Waals surface area contributed by atoms with Crippen LogP contribution in [0.1, 0.15) is 32.1 Å². The summed E-state index contributed by atoms with van der Waals surface area (Å²) in [6.45, 7) is 2.37. The number of carboxylic acids is 1. The zero-order valence-electron chi connectivity index (χ0n) is 16.0. The number of amides is 1. The third kappa shape index (κ3) is 4.53. The molecule has 1 N–H and O–H groups in total. The molecule has 2 heterocycles. The van der Waals surface area contributed by atoms with Gasteiger partial charge in [0.2, 0.25) is 5.91 Å². The second-order valence-corrected chi connectivity index (χ2v) is 7.30. The molecule has 0 spiro atoms. The van der Waals surface area contributed by atoms with Crippen LogP contribution in [0.15, 0.2) is 18.2 Å². The van der Waals surface area contributed by atoms with Crippen LogP contribution in [-0.2, 0) is 9.59 Å². The van der Waals surface area contributed by atoms with Gasteiger partial charge in [-0.25, -0.2) is 0 Å². The molecule has 2 aliphatic rings. The number of rotatable bonds is 7. The van der Waals surface area contributed by atoms with E-state index in [2.05, 4.69) is 4.90 Å². The van der Waals surface area contributed by atoms with E-state index in [9.17, 15) is 9.59 Å². The normalized spacial score (nSPS) is 23.5. The SMILES string of the molecule is COc1cc(OC)cc(N2CCC(N3CCCC(CCC(=O)O)C3)C2=O)c1. The fourth-order valence-electron chi connectivity index (χ4n) is 4.15. The highest BCUT2D eigenvalue weighted by Gasteiger charge is 2.38. The molecule has 1 amide bonds. The van der Waals surface area contributed by atoms with E-state index in [1.54, 1.807) is 25.2 Å². The summed E-state index contributed by atoms with van der Waals surface area (Å²) in [5, 5.41) is 8.92. The number of benzene rings is 1. The molecule has 2 aliphatic heterocycles. The van der Waals surface area contributed by atoms with Crippen molar-refractivity contribution in [2.45, 2.75) is 38.1 Å². The molecule has 1 aromatic rings. The minimum Gasteiger partial charge on any atom is -0.497 e. The number of ether oxygens (including phenoxy) is 2. The lowest BCUT2D eigenvalue weighted by atomic mass is 9.92. The molecule has 148 valence electrons. The number of carbonyl (C=O) groups is 2. The molecule has 27 heavy (non-hydrogen) atoms. The summed E-state index contributed by atoms with van der Waals surface area (Å²) in [5.41, 5.74) is 0.790. The van der Waals surface area contributed by atoms with Gasteiger partial charge in [-0.3, -0.25) is 14.5 Å². The molecule has 7 nitrogen and oxygen atoms in total. The zero-order chi connectivity index (χ0) is 19.4. The van der Waals surface area contributed by atoms with E-state index in [4.69, 9.17) is 14.6 Å². The van der Waals surface area contributed by atoms with Gasteiger partial charge in [-0.05, 0) is 38.1 Å². The number of nitrogens with zero attached hydrogens (tertiary/aromatic N) is 2. The Labute approximate surface area is 159 Å². The molecule has 2 fully saturated rings. The van der Waals surface area contributed by atoms with Gasteiger partial charge in [0.15, 0.2) is 0 Å². The van der Waals surface area contributed by atoms with Crippen molar-refractivity contribution >= 4 is 17.6 Å². The number of aliphatic carboxylic acids is 1. The lowest BCUT2D eigenvalue weighted by Crippen LogP contribution is -2.46. The van der Waals surface area contributed by atoms with E-state index in [-0.39, 0.29) is 18.4 Å². The predicted octanol–water partition coefficient (Wildman–Crippen LogP) is 2.39. The first kappa shape index (κ1) is 19.5. The Morgan fingerprint density at radius 1 is 1.15 bits per heavy atom. The van der Waals surface area contributed by atoms with Crippen molar-refractivity contribution in [2.24, 2.45) is 5.92 Å². The highest BCUT2D eigenvalue weighted by molar-refractivity contribution is 5.99. The molecule has 0 radical (unpaired) electrons. The quantitative estimate of drug-likeness (QED) is 0.787. The van der Waals surface area contributed by atoms with E-state index < -0.39 is 5.97 Å². The smallest absolute Gasteiger partial charge is 0.303 e. The molecular formula is C20H28N2O5. The Morgan fingerprint density at radius 3 is 2.48 bits per heavy atom. The molecule has 0 aromatic heterocycles. The molecule has 2 saturated heterocycles. The van der Waals surface area contributed by atoms with Crippen molar-refractivity contribution in [3.05, 3.63) is 18.2 Å². The van der Waals surface area contributed by atoms with Gasteiger partial charge >= 0.3 is 5.97 Å². The van der Waals surface area contributed by atoms with Crippen LogP contribution >= 0.6 is 0 Å². The monoisotopic (exact) mass is 376 g/mol. The van der Waals surface area contributed by atoms with Crippen molar-refractivity contribution in [3.8, 4) is 11.5 Å². The van der Waals surface area contributed by atoms with Crippen LogP contribution < -0.4 is 14.4 Å². The largest absolute Gasteiger partial charge is 0.497 e. The fraction of sp³-hybridized carbons (Fsp3) is 0.600. The van der Waals surface area contributed by atoms with Gasteiger partial charge in [0.05, 0.1) is 25.9 Å². The molecule has 0 bridgehead atoms. The van der Waals surface area contributed by atoms with E-state index in [0.29, 0.717) is 30.4 Å². The van der Waals surface area contributed by atoms with E-state index in [1.807, 2.05) is 12.1 Å². The topological polar surface area (TPSA) is 79.3 Å². The van der Waals surface area contributed by atoms with Gasteiger partial charge in [-0.15, -0.1) is 0 Å². The molecule has 0 saturated carbocycles. The summed E-state index contributed by atoms with van der Waals surface area (Å²) < 4.78 is 10.6. The fourth-order valence-corrected chi connectivity index (χ4v) is 4.15. The highest BCUT2D eigenvalue weighted by Crippen LogP contribution is 2.33. The molecule has 2 atom stereocenters. The Balaban J connectivity index is 1.68. The number of carbonyl (C=O) groups excluding carboxylic acids is 1. The average Bonchev–Trinajstić information content (AvgIpc) is 3.07. The first-order valence-corrected chi connectivity index (χ1v) is 9.52. The average molecular weight is 376 g/mol. The summed E-state index contributed by atoms with van der Waals surface area (Å²) in [6, 6.07) is 5.37. The van der Waals surface area contributed by atoms with Crippen LogP contribution in [0.25, 0.3) is 0 Å².